The number of hydroxylamine groups is 4. The third-order valence-corrected chi connectivity index (χ3v) is 4.65. The SMILES string of the molecule is CN1OC(C(=O)O)=C(C(=O)O)[C@H]1c1ccc([C@@H]2C(C(=O)O)=C(C(=O)O)ON2C)cc1. The van der Waals surface area contributed by atoms with Crippen molar-refractivity contribution in [3.05, 3.63) is 58.1 Å². The molecular formula is C18H16N2O10. The Labute approximate surface area is 168 Å². The molecule has 0 spiro atoms. The number of hydrogen-bond acceptors (Lipinski definition) is 8. The van der Waals surface area contributed by atoms with Crippen LogP contribution in [0.2, 0.25) is 0 Å². The van der Waals surface area contributed by atoms with Gasteiger partial charge in [-0.25, -0.2) is 19.2 Å². The molecule has 3 rings (SSSR count). The van der Waals surface area contributed by atoms with Crippen LogP contribution >= 0.6 is 0 Å². The molecule has 12 nitrogen and oxygen atoms in total. The van der Waals surface area contributed by atoms with Gasteiger partial charge in [0.05, 0.1) is 0 Å². The Balaban J connectivity index is 2.01. The lowest BCUT2D eigenvalue weighted by Crippen LogP contribution is -2.23. The largest absolute Gasteiger partial charge is 0.478 e. The first-order chi connectivity index (χ1) is 14.0. The van der Waals surface area contributed by atoms with Gasteiger partial charge in [0, 0.05) is 14.1 Å². The number of rotatable bonds is 6. The number of carboxylic acids is 4. The molecule has 2 aliphatic heterocycles. The highest BCUT2D eigenvalue weighted by molar-refractivity contribution is 6.00. The van der Waals surface area contributed by atoms with Gasteiger partial charge in [0.1, 0.15) is 23.2 Å². The van der Waals surface area contributed by atoms with Crippen molar-refractivity contribution >= 4 is 23.9 Å². The van der Waals surface area contributed by atoms with Gasteiger partial charge in [-0.05, 0) is 11.1 Å². The number of nitrogens with zero attached hydrogens (tertiary/aromatic N) is 2. The molecule has 2 atom stereocenters. The first kappa shape index (κ1) is 20.8. The minimum atomic E-state index is -1.53. The van der Waals surface area contributed by atoms with E-state index in [0.29, 0.717) is 11.1 Å². The lowest BCUT2D eigenvalue weighted by molar-refractivity contribution is -0.150. The van der Waals surface area contributed by atoms with Gasteiger partial charge < -0.3 is 30.1 Å². The standard InChI is InChI=1S/C18H16N2O10/c1-19-11(9(15(21)22)13(29-19)17(25)26)7-3-5-8(6-4-7)12-10(16(23)24)14(18(27)28)30-20(12)2/h3-6,11-12H,1-2H3,(H,21,22)(H,23,24)(H,25,26)(H,27,28)/t11-,12-/m1/s1. The lowest BCUT2D eigenvalue weighted by atomic mass is 9.93. The van der Waals surface area contributed by atoms with Crippen LogP contribution in [0.5, 0.6) is 0 Å². The summed E-state index contributed by atoms with van der Waals surface area (Å²) in [4.78, 5) is 55.9. The molecule has 1 aromatic carbocycles. The predicted molar refractivity (Wildman–Crippen MR) is 94.2 cm³/mol. The van der Waals surface area contributed by atoms with Gasteiger partial charge in [-0.1, -0.05) is 24.3 Å². The summed E-state index contributed by atoms with van der Waals surface area (Å²) < 4.78 is 0. The monoisotopic (exact) mass is 420 g/mol. The second-order valence-electron chi connectivity index (χ2n) is 6.45. The molecule has 2 aliphatic rings. The number of carboxylic acid groups (broad SMARTS) is 4. The normalized spacial score (nSPS) is 22.1. The summed E-state index contributed by atoms with van der Waals surface area (Å²) in [6.07, 6.45) is 0. The van der Waals surface area contributed by atoms with E-state index < -0.39 is 58.6 Å². The summed E-state index contributed by atoms with van der Waals surface area (Å²) in [6, 6.07) is 3.84. The second kappa shape index (κ2) is 7.50. The summed E-state index contributed by atoms with van der Waals surface area (Å²) in [6.45, 7) is 0. The quantitative estimate of drug-likeness (QED) is 0.498. The molecule has 0 unspecified atom stereocenters. The molecule has 0 amide bonds. The topological polar surface area (TPSA) is 174 Å². The number of benzene rings is 1. The molecule has 1 aromatic rings. The van der Waals surface area contributed by atoms with Crippen molar-refractivity contribution in [1.29, 1.82) is 0 Å². The van der Waals surface area contributed by atoms with E-state index >= 15 is 0 Å². The highest BCUT2D eigenvalue weighted by atomic mass is 16.7. The second-order valence-corrected chi connectivity index (χ2v) is 6.45. The average Bonchev–Trinajstić information content (AvgIpc) is 3.19. The Bertz CT molecular complexity index is 929. The Morgan fingerprint density at radius 2 is 0.967 bits per heavy atom. The molecule has 0 radical (unpaired) electrons. The fraction of sp³-hybridized carbons (Fsp3) is 0.222. The van der Waals surface area contributed by atoms with Crippen LogP contribution in [-0.4, -0.2) is 68.5 Å². The van der Waals surface area contributed by atoms with Crippen molar-refractivity contribution in [3.8, 4) is 0 Å². The lowest BCUT2D eigenvalue weighted by Gasteiger charge is -2.22. The van der Waals surface area contributed by atoms with E-state index in [1.54, 1.807) is 0 Å². The molecule has 0 bridgehead atoms. The van der Waals surface area contributed by atoms with Crippen LogP contribution < -0.4 is 0 Å². The van der Waals surface area contributed by atoms with E-state index in [9.17, 15) is 39.6 Å². The highest BCUT2D eigenvalue weighted by Gasteiger charge is 2.43. The molecule has 2 heterocycles. The summed E-state index contributed by atoms with van der Waals surface area (Å²) >= 11 is 0. The first-order valence-electron chi connectivity index (χ1n) is 8.37. The maximum atomic E-state index is 11.6. The van der Waals surface area contributed by atoms with Gasteiger partial charge in [0.25, 0.3) is 0 Å². The Hall–Kier alpha value is -3.90. The van der Waals surface area contributed by atoms with Crippen LogP contribution in [-0.2, 0) is 28.9 Å². The predicted octanol–water partition coefficient (Wildman–Crippen LogP) is 0.369. The summed E-state index contributed by atoms with van der Waals surface area (Å²) in [5, 5.41) is 39.4. The zero-order valence-corrected chi connectivity index (χ0v) is 15.6. The van der Waals surface area contributed by atoms with Gasteiger partial charge in [0.2, 0.25) is 11.5 Å². The average molecular weight is 420 g/mol. The zero-order valence-electron chi connectivity index (χ0n) is 15.6. The minimum Gasteiger partial charge on any atom is -0.478 e. The van der Waals surface area contributed by atoms with Crippen LogP contribution in [0, 0.1) is 0 Å². The summed E-state index contributed by atoms with van der Waals surface area (Å²) in [7, 11) is 2.75. The van der Waals surface area contributed by atoms with E-state index in [1.807, 2.05) is 0 Å². The van der Waals surface area contributed by atoms with Crippen LogP contribution in [0.3, 0.4) is 0 Å². The third kappa shape index (κ3) is 3.33. The zero-order chi connectivity index (χ0) is 22.3. The Kier molecular flexibility index (Phi) is 5.20. The van der Waals surface area contributed by atoms with Crippen molar-refractivity contribution in [2.45, 2.75) is 12.1 Å². The number of aliphatic carboxylic acids is 4. The fourth-order valence-corrected chi connectivity index (χ4v) is 3.45. The number of hydrogen-bond donors (Lipinski definition) is 4. The van der Waals surface area contributed by atoms with Crippen molar-refractivity contribution in [1.82, 2.24) is 10.1 Å². The number of likely N-dealkylation sites (N-methyl/N-ethyl adjacent to an activating group) is 2. The number of carbonyl (C=O) groups is 4. The fourth-order valence-electron chi connectivity index (χ4n) is 3.45. The van der Waals surface area contributed by atoms with Crippen molar-refractivity contribution < 1.29 is 49.3 Å². The van der Waals surface area contributed by atoms with Gasteiger partial charge >= 0.3 is 23.9 Å². The first-order valence-corrected chi connectivity index (χ1v) is 8.37. The van der Waals surface area contributed by atoms with Crippen LogP contribution in [0.4, 0.5) is 0 Å². The molecule has 12 heteroatoms. The highest BCUT2D eigenvalue weighted by Crippen LogP contribution is 2.40. The molecule has 158 valence electrons. The minimum absolute atomic E-state index is 0.371. The molecule has 0 aliphatic carbocycles. The molecule has 0 fully saturated rings. The Morgan fingerprint density at radius 1 is 0.667 bits per heavy atom. The van der Waals surface area contributed by atoms with Gasteiger partial charge in [-0.2, -0.15) is 0 Å². The van der Waals surface area contributed by atoms with Crippen LogP contribution in [0.15, 0.2) is 46.9 Å². The van der Waals surface area contributed by atoms with E-state index in [0.717, 1.165) is 10.1 Å². The maximum Gasteiger partial charge on any atom is 0.374 e. The van der Waals surface area contributed by atoms with Crippen molar-refractivity contribution in [2.24, 2.45) is 0 Å². The summed E-state index contributed by atoms with van der Waals surface area (Å²) in [5.74, 6) is -7.38. The molecule has 30 heavy (non-hydrogen) atoms. The van der Waals surface area contributed by atoms with Crippen molar-refractivity contribution in [2.75, 3.05) is 14.1 Å². The van der Waals surface area contributed by atoms with Crippen LogP contribution in [0.25, 0.3) is 0 Å². The van der Waals surface area contributed by atoms with Crippen LogP contribution in [0.1, 0.15) is 23.2 Å². The molecular weight excluding hydrogens is 404 g/mol. The summed E-state index contributed by atoms with van der Waals surface area (Å²) in [5.41, 5.74) is -0.178. The molecule has 0 saturated carbocycles. The van der Waals surface area contributed by atoms with Gasteiger partial charge in [0.15, 0.2) is 0 Å². The van der Waals surface area contributed by atoms with Gasteiger partial charge in [-0.15, -0.1) is 10.1 Å². The third-order valence-electron chi connectivity index (χ3n) is 4.65. The van der Waals surface area contributed by atoms with Gasteiger partial charge in [-0.3, -0.25) is 0 Å². The van der Waals surface area contributed by atoms with E-state index in [2.05, 4.69) is 0 Å². The smallest absolute Gasteiger partial charge is 0.374 e. The van der Waals surface area contributed by atoms with Crippen molar-refractivity contribution in [3.63, 3.8) is 0 Å². The molecule has 0 aromatic heterocycles. The maximum absolute atomic E-state index is 11.6. The van der Waals surface area contributed by atoms with E-state index in [4.69, 9.17) is 9.68 Å². The van der Waals surface area contributed by atoms with E-state index in [-0.39, 0.29) is 0 Å². The molecule has 0 saturated heterocycles. The Morgan fingerprint density at radius 3 is 1.20 bits per heavy atom. The van der Waals surface area contributed by atoms with E-state index in [1.165, 1.54) is 38.4 Å². The molecule has 4 N–H and O–H groups in total.